The molecule has 0 unspecified atom stereocenters. The third-order valence-electron chi connectivity index (χ3n) is 6.65. The van der Waals surface area contributed by atoms with E-state index in [1.54, 1.807) is 41.3 Å². The molecule has 5 rings (SSSR count). The summed E-state index contributed by atoms with van der Waals surface area (Å²) in [7, 11) is -2.26. The van der Waals surface area contributed by atoms with Crippen LogP contribution in [0.15, 0.2) is 82.2 Å². The maximum atomic E-state index is 13.8. The standard InChI is InChI=1S/C28H29BrN4O4S2.ClH/c1-31(23-6-3-2-4-7-23)39(35,36)24-11-8-21(9-12-24)27(34)33(15-5-14-32-16-18-37-19-17-32)28-30-25-13-10-22(29)20-26(25)38-28;/h2-4,6-13,20H,5,14-19H2,1H3;1H. The minimum absolute atomic E-state index is 0. The number of nitrogens with zero attached hydrogens (tertiary/aromatic N) is 4. The number of hydrogen-bond acceptors (Lipinski definition) is 7. The number of ether oxygens (including phenoxy) is 1. The summed E-state index contributed by atoms with van der Waals surface area (Å²) in [6, 6.07) is 20.9. The second-order valence-corrected chi connectivity index (χ2v) is 13.1. The van der Waals surface area contributed by atoms with Gasteiger partial charge in [-0.1, -0.05) is 45.5 Å². The molecule has 1 saturated heterocycles. The van der Waals surface area contributed by atoms with E-state index in [0.717, 1.165) is 54.0 Å². The average Bonchev–Trinajstić information content (AvgIpc) is 3.38. The van der Waals surface area contributed by atoms with Crippen LogP contribution in [0.5, 0.6) is 0 Å². The van der Waals surface area contributed by atoms with Gasteiger partial charge in [-0.05, 0) is 61.0 Å². The summed E-state index contributed by atoms with van der Waals surface area (Å²) >= 11 is 4.97. The predicted molar refractivity (Wildman–Crippen MR) is 167 cm³/mol. The third-order valence-corrected chi connectivity index (χ3v) is 9.99. The molecular formula is C28H30BrClN4O4S2. The molecule has 1 amide bonds. The minimum Gasteiger partial charge on any atom is -0.379 e. The van der Waals surface area contributed by atoms with Gasteiger partial charge in [0.1, 0.15) is 0 Å². The van der Waals surface area contributed by atoms with E-state index >= 15 is 0 Å². The molecule has 0 radical (unpaired) electrons. The number of thiazole rings is 1. The molecule has 12 heteroatoms. The number of morpholine rings is 1. The highest BCUT2D eigenvalue weighted by molar-refractivity contribution is 9.10. The summed E-state index contributed by atoms with van der Waals surface area (Å²) in [5.41, 5.74) is 1.80. The van der Waals surface area contributed by atoms with Gasteiger partial charge in [0, 0.05) is 43.3 Å². The highest BCUT2D eigenvalue weighted by Gasteiger charge is 2.25. The van der Waals surface area contributed by atoms with Crippen molar-refractivity contribution in [2.75, 3.05) is 55.6 Å². The molecule has 3 aromatic carbocycles. The van der Waals surface area contributed by atoms with E-state index < -0.39 is 10.0 Å². The molecule has 0 N–H and O–H groups in total. The third kappa shape index (κ3) is 6.84. The zero-order valence-corrected chi connectivity index (χ0v) is 25.9. The Labute approximate surface area is 253 Å². The fourth-order valence-corrected chi connectivity index (χ4v) is 7.16. The van der Waals surface area contributed by atoms with Crippen molar-refractivity contribution in [3.8, 4) is 0 Å². The Morgan fingerprint density at radius 3 is 2.45 bits per heavy atom. The SMILES string of the molecule is CN(c1ccccc1)S(=O)(=O)c1ccc(C(=O)N(CCCN2CCOCC2)c2nc3ccc(Br)cc3s2)cc1.Cl. The molecule has 1 fully saturated rings. The van der Waals surface area contributed by atoms with Gasteiger partial charge in [0.15, 0.2) is 5.13 Å². The van der Waals surface area contributed by atoms with Crippen LogP contribution < -0.4 is 9.21 Å². The first-order valence-electron chi connectivity index (χ1n) is 12.6. The number of hydrogen-bond donors (Lipinski definition) is 0. The number of amides is 1. The van der Waals surface area contributed by atoms with Crippen LogP contribution in [0.4, 0.5) is 10.8 Å². The highest BCUT2D eigenvalue weighted by Crippen LogP contribution is 2.32. The van der Waals surface area contributed by atoms with Crippen LogP contribution in [0.2, 0.25) is 0 Å². The maximum Gasteiger partial charge on any atom is 0.264 e. The molecule has 1 aromatic heterocycles. The first-order chi connectivity index (χ1) is 18.8. The second kappa shape index (κ2) is 13.4. The molecule has 1 aliphatic heterocycles. The Bertz CT molecular complexity index is 1550. The normalized spacial score (nSPS) is 14.1. The molecule has 0 spiro atoms. The molecule has 1 aliphatic rings. The monoisotopic (exact) mass is 664 g/mol. The molecule has 0 saturated carbocycles. The zero-order chi connectivity index (χ0) is 27.4. The lowest BCUT2D eigenvalue weighted by Crippen LogP contribution is -2.39. The highest BCUT2D eigenvalue weighted by atomic mass is 79.9. The summed E-state index contributed by atoms with van der Waals surface area (Å²) < 4.78 is 35.0. The van der Waals surface area contributed by atoms with Gasteiger partial charge in [0.05, 0.1) is 34.0 Å². The van der Waals surface area contributed by atoms with Crippen molar-refractivity contribution in [3.05, 3.63) is 82.8 Å². The van der Waals surface area contributed by atoms with E-state index in [1.807, 2.05) is 24.3 Å². The van der Waals surface area contributed by atoms with Gasteiger partial charge in [-0.3, -0.25) is 18.9 Å². The van der Waals surface area contributed by atoms with E-state index in [1.165, 1.54) is 34.8 Å². The summed E-state index contributed by atoms with van der Waals surface area (Å²) in [6.45, 7) is 4.57. The lowest BCUT2D eigenvalue weighted by atomic mass is 10.2. The molecule has 4 aromatic rings. The van der Waals surface area contributed by atoms with Crippen LogP contribution in [-0.2, 0) is 14.8 Å². The zero-order valence-electron chi connectivity index (χ0n) is 21.9. The number of sulfonamides is 1. The van der Waals surface area contributed by atoms with Crippen molar-refractivity contribution in [3.63, 3.8) is 0 Å². The fourth-order valence-electron chi connectivity index (χ4n) is 4.42. The Morgan fingerprint density at radius 2 is 1.75 bits per heavy atom. The predicted octanol–water partition coefficient (Wildman–Crippen LogP) is 5.67. The Balaban J connectivity index is 0.00000370. The number of carbonyl (C=O) groups excluding carboxylic acids is 1. The fraction of sp³-hybridized carbons (Fsp3) is 0.286. The van der Waals surface area contributed by atoms with Gasteiger partial charge >= 0.3 is 0 Å². The van der Waals surface area contributed by atoms with E-state index in [2.05, 4.69) is 20.8 Å². The number of anilines is 2. The van der Waals surface area contributed by atoms with E-state index in [0.29, 0.717) is 22.9 Å². The van der Waals surface area contributed by atoms with Crippen LogP contribution in [-0.4, -0.2) is 70.6 Å². The smallest absolute Gasteiger partial charge is 0.264 e. The molecular weight excluding hydrogens is 636 g/mol. The lowest BCUT2D eigenvalue weighted by Gasteiger charge is -2.27. The summed E-state index contributed by atoms with van der Waals surface area (Å²) in [5, 5.41) is 0.621. The number of benzene rings is 3. The Morgan fingerprint density at radius 1 is 1.05 bits per heavy atom. The van der Waals surface area contributed by atoms with Crippen LogP contribution in [0.25, 0.3) is 10.2 Å². The lowest BCUT2D eigenvalue weighted by molar-refractivity contribution is 0.0376. The average molecular weight is 666 g/mol. The summed E-state index contributed by atoms with van der Waals surface area (Å²) in [5.74, 6) is -0.213. The molecule has 0 bridgehead atoms. The van der Waals surface area contributed by atoms with Gasteiger partial charge < -0.3 is 4.74 Å². The van der Waals surface area contributed by atoms with E-state index in [-0.39, 0.29) is 23.2 Å². The number of aromatic nitrogens is 1. The summed E-state index contributed by atoms with van der Waals surface area (Å²) in [6.07, 6.45) is 0.777. The second-order valence-electron chi connectivity index (χ2n) is 9.21. The molecule has 0 aliphatic carbocycles. The maximum absolute atomic E-state index is 13.8. The largest absolute Gasteiger partial charge is 0.379 e. The van der Waals surface area contributed by atoms with Crippen molar-refractivity contribution >= 4 is 76.6 Å². The van der Waals surface area contributed by atoms with Crippen molar-refractivity contribution in [2.45, 2.75) is 11.3 Å². The first-order valence-corrected chi connectivity index (χ1v) is 15.7. The van der Waals surface area contributed by atoms with Gasteiger partial charge in [-0.25, -0.2) is 13.4 Å². The number of fused-ring (bicyclic) bond motifs is 1. The molecule has 40 heavy (non-hydrogen) atoms. The number of halogens is 2. The van der Waals surface area contributed by atoms with Gasteiger partial charge in [-0.15, -0.1) is 12.4 Å². The van der Waals surface area contributed by atoms with Crippen molar-refractivity contribution < 1.29 is 17.9 Å². The van der Waals surface area contributed by atoms with Crippen molar-refractivity contribution in [2.24, 2.45) is 0 Å². The summed E-state index contributed by atoms with van der Waals surface area (Å²) in [4.78, 5) is 22.7. The van der Waals surface area contributed by atoms with Crippen molar-refractivity contribution in [1.82, 2.24) is 9.88 Å². The minimum atomic E-state index is -3.78. The number of para-hydroxylation sites is 1. The van der Waals surface area contributed by atoms with Crippen LogP contribution in [0.1, 0.15) is 16.8 Å². The van der Waals surface area contributed by atoms with Gasteiger partial charge in [0.2, 0.25) is 0 Å². The topological polar surface area (TPSA) is 83.1 Å². The molecule has 0 atom stereocenters. The Hall–Kier alpha value is -2.54. The van der Waals surface area contributed by atoms with Gasteiger partial charge in [0.25, 0.3) is 15.9 Å². The number of rotatable bonds is 9. The molecule has 212 valence electrons. The van der Waals surface area contributed by atoms with Gasteiger partial charge in [-0.2, -0.15) is 0 Å². The number of carbonyl (C=O) groups is 1. The van der Waals surface area contributed by atoms with Crippen LogP contribution >= 0.6 is 39.7 Å². The quantitative estimate of drug-likeness (QED) is 0.229. The van der Waals surface area contributed by atoms with Crippen LogP contribution in [0, 0.1) is 0 Å². The molecule has 8 nitrogen and oxygen atoms in total. The van der Waals surface area contributed by atoms with Crippen LogP contribution in [0.3, 0.4) is 0 Å². The van der Waals surface area contributed by atoms with E-state index in [9.17, 15) is 13.2 Å². The first kappa shape index (κ1) is 30.4. The molecule has 2 heterocycles. The van der Waals surface area contributed by atoms with Crippen molar-refractivity contribution in [1.29, 1.82) is 0 Å². The Kier molecular flexibility index (Phi) is 10.2. The van der Waals surface area contributed by atoms with E-state index in [4.69, 9.17) is 9.72 Å².